The van der Waals surface area contributed by atoms with Crippen LogP contribution in [0.2, 0.25) is 0 Å². The number of para-hydroxylation sites is 1. The predicted molar refractivity (Wildman–Crippen MR) is 68.0 cm³/mol. The number of hydrogen-bond acceptors (Lipinski definition) is 3. The highest BCUT2D eigenvalue weighted by molar-refractivity contribution is 8.02. The molecule has 1 aromatic rings. The molecule has 2 nitrogen and oxygen atoms in total. The first-order valence-electron chi connectivity index (χ1n) is 5.96. The third kappa shape index (κ3) is 2.06. The summed E-state index contributed by atoms with van der Waals surface area (Å²) >= 11 is 2.15. The van der Waals surface area contributed by atoms with Crippen molar-refractivity contribution in [1.82, 2.24) is 4.90 Å². The number of piperidine rings is 1. The van der Waals surface area contributed by atoms with Crippen LogP contribution in [0.4, 0.5) is 0 Å². The molecule has 3 heterocycles. The Morgan fingerprint density at radius 3 is 2.62 bits per heavy atom. The topological polar surface area (TPSA) is 23.5 Å². The summed E-state index contributed by atoms with van der Waals surface area (Å²) in [5.74, 6) is 0.444. The number of aromatic hydroxyl groups is 1. The molecule has 3 heteroatoms. The quantitative estimate of drug-likeness (QED) is 0.868. The van der Waals surface area contributed by atoms with Gasteiger partial charge in [-0.1, -0.05) is 18.2 Å². The fraction of sp³-hybridized carbons (Fsp3) is 0.538. The van der Waals surface area contributed by atoms with Crippen LogP contribution in [-0.2, 0) is 6.42 Å². The van der Waals surface area contributed by atoms with E-state index in [1.54, 1.807) is 6.07 Å². The third-order valence-electron chi connectivity index (χ3n) is 3.52. The van der Waals surface area contributed by atoms with Gasteiger partial charge in [-0.3, -0.25) is 0 Å². The van der Waals surface area contributed by atoms with Crippen LogP contribution in [0.5, 0.6) is 5.75 Å². The molecule has 2 unspecified atom stereocenters. The van der Waals surface area contributed by atoms with Crippen LogP contribution in [0.3, 0.4) is 0 Å². The van der Waals surface area contributed by atoms with Crippen molar-refractivity contribution in [3.05, 3.63) is 29.8 Å². The standard InChI is InChI=1S/C13H17NOS/c15-13-4-2-1-3-10(13)5-6-14-8-11-7-12(9-14)16-11/h1-4,11-12,15H,5-9H2. The normalized spacial score (nSPS) is 28.8. The van der Waals surface area contributed by atoms with E-state index in [-0.39, 0.29) is 0 Å². The number of fused-ring (bicyclic) bond motifs is 2. The van der Waals surface area contributed by atoms with E-state index in [0.29, 0.717) is 5.75 Å². The summed E-state index contributed by atoms with van der Waals surface area (Å²) in [7, 11) is 0. The van der Waals surface area contributed by atoms with Gasteiger partial charge in [0.15, 0.2) is 0 Å². The maximum absolute atomic E-state index is 9.68. The maximum atomic E-state index is 9.68. The summed E-state index contributed by atoms with van der Waals surface area (Å²) in [4.78, 5) is 2.54. The molecule has 3 aliphatic heterocycles. The van der Waals surface area contributed by atoms with Gasteiger partial charge in [0.05, 0.1) is 0 Å². The number of phenols is 1. The molecule has 3 fully saturated rings. The minimum atomic E-state index is 0.444. The molecule has 2 bridgehead atoms. The van der Waals surface area contributed by atoms with Gasteiger partial charge in [0.25, 0.3) is 0 Å². The molecule has 16 heavy (non-hydrogen) atoms. The van der Waals surface area contributed by atoms with Gasteiger partial charge in [-0.25, -0.2) is 0 Å². The van der Waals surface area contributed by atoms with E-state index in [2.05, 4.69) is 16.7 Å². The first-order valence-corrected chi connectivity index (χ1v) is 6.90. The molecule has 3 aliphatic rings. The molecule has 0 radical (unpaired) electrons. The highest BCUT2D eigenvalue weighted by atomic mass is 32.2. The predicted octanol–water partition coefficient (Wildman–Crippen LogP) is 2.12. The van der Waals surface area contributed by atoms with Gasteiger partial charge < -0.3 is 10.0 Å². The van der Waals surface area contributed by atoms with Crippen molar-refractivity contribution in [2.45, 2.75) is 23.3 Å². The lowest BCUT2D eigenvalue weighted by atomic mass is 10.1. The van der Waals surface area contributed by atoms with Gasteiger partial charge in [0.2, 0.25) is 0 Å². The molecule has 86 valence electrons. The SMILES string of the molecule is Oc1ccccc1CCN1CC2CC(C1)S2. The monoisotopic (exact) mass is 235 g/mol. The van der Waals surface area contributed by atoms with E-state index in [4.69, 9.17) is 0 Å². The second kappa shape index (κ2) is 4.30. The number of benzene rings is 1. The number of hydrogen-bond donors (Lipinski definition) is 1. The molecule has 0 aliphatic carbocycles. The fourth-order valence-electron chi connectivity index (χ4n) is 2.62. The van der Waals surface area contributed by atoms with Gasteiger partial charge in [-0.15, -0.1) is 0 Å². The van der Waals surface area contributed by atoms with Crippen LogP contribution in [0.15, 0.2) is 24.3 Å². The number of thioether (sulfide) groups is 1. The zero-order chi connectivity index (χ0) is 11.0. The van der Waals surface area contributed by atoms with Crippen molar-refractivity contribution in [2.75, 3.05) is 19.6 Å². The Morgan fingerprint density at radius 1 is 1.25 bits per heavy atom. The summed E-state index contributed by atoms with van der Waals surface area (Å²) in [5, 5.41) is 11.5. The molecule has 0 saturated carbocycles. The smallest absolute Gasteiger partial charge is 0.118 e. The zero-order valence-corrected chi connectivity index (χ0v) is 10.1. The first kappa shape index (κ1) is 10.5. The molecular formula is C13H17NOS. The average molecular weight is 235 g/mol. The second-order valence-corrected chi connectivity index (χ2v) is 6.36. The van der Waals surface area contributed by atoms with Crippen LogP contribution in [-0.4, -0.2) is 40.1 Å². The molecule has 0 aromatic heterocycles. The van der Waals surface area contributed by atoms with Crippen LogP contribution >= 0.6 is 11.8 Å². The van der Waals surface area contributed by atoms with Crippen LogP contribution < -0.4 is 0 Å². The minimum Gasteiger partial charge on any atom is -0.508 e. The summed E-state index contributed by atoms with van der Waals surface area (Å²) in [6.07, 6.45) is 2.40. The Balaban J connectivity index is 1.55. The Morgan fingerprint density at radius 2 is 1.94 bits per heavy atom. The van der Waals surface area contributed by atoms with E-state index in [1.807, 2.05) is 18.2 Å². The average Bonchev–Trinajstić information content (AvgIpc) is 2.27. The highest BCUT2D eigenvalue weighted by Gasteiger charge is 2.37. The first-order chi connectivity index (χ1) is 7.81. The Labute approximate surface area is 101 Å². The summed E-state index contributed by atoms with van der Waals surface area (Å²) in [5.41, 5.74) is 1.08. The van der Waals surface area contributed by atoms with E-state index in [9.17, 15) is 5.11 Å². The lowest BCUT2D eigenvalue weighted by Gasteiger charge is -2.46. The van der Waals surface area contributed by atoms with Gasteiger partial charge in [-0.2, -0.15) is 11.8 Å². The van der Waals surface area contributed by atoms with E-state index < -0.39 is 0 Å². The molecule has 2 atom stereocenters. The summed E-state index contributed by atoms with van der Waals surface area (Å²) in [6.45, 7) is 3.58. The van der Waals surface area contributed by atoms with E-state index in [0.717, 1.165) is 29.0 Å². The van der Waals surface area contributed by atoms with Crippen LogP contribution in [0, 0.1) is 0 Å². The largest absolute Gasteiger partial charge is 0.508 e. The zero-order valence-electron chi connectivity index (χ0n) is 9.30. The van der Waals surface area contributed by atoms with Crippen LogP contribution in [0.1, 0.15) is 12.0 Å². The lowest BCUT2D eigenvalue weighted by molar-refractivity contribution is 0.225. The maximum Gasteiger partial charge on any atom is 0.118 e. The molecule has 3 saturated heterocycles. The highest BCUT2D eigenvalue weighted by Crippen LogP contribution is 2.41. The van der Waals surface area contributed by atoms with Gasteiger partial charge in [0, 0.05) is 30.1 Å². The van der Waals surface area contributed by atoms with Gasteiger partial charge in [0.1, 0.15) is 5.75 Å². The fourth-order valence-corrected chi connectivity index (χ4v) is 4.09. The number of phenolic OH excluding ortho intramolecular Hbond substituents is 1. The van der Waals surface area contributed by atoms with Gasteiger partial charge in [-0.05, 0) is 24.5 Å². The molecule has 4 rings (SSSR count). The van der Waals surface area contributed by atoms with Crippen molar-refractivity contribution >= 4 is 11.8 Å². The number of rotatable bonds is 3. The van der Waals surface area contributed by atoms with Crippen molar-refractivity contribution in [1.29, 1.82) is 0 Å². The third-order valence-corrected chi connectivity index (χ3v) is 4.98. The lowest BCUT2D eigenvalue weighted by Crippen LogP contribution is -2.51. The molecular weight excluding hydrogens is 218 g/mol. The Hall–Kier alpha value is -0.670. The van der Waals surface area contributed by atoms with E-state index in [1.165, 1.54) is 19.5 Å². The molecule has 0 amide bonds. The van der Waals surface area contributed by atoms with Crippen molar-refractivity contribution in [3.63, 3.8) is 0 Å². The summed E-state index contributed by atoms with van der Waals surface area (Å²) in [6, 6.07) is 7.68. The van der Waals surface area contributed by atoms with E-state index >= 15 is 0 Å². The molecule has 1 N–H and O–H groups in total. The van der Waals surface area contributed by atoms with Crippen LogP contribution in [0.25, 0.3) is 0 Å². The van der Waals surface area contributed by atoms with Gasteiger partial charge >= 0.3 is 0 Å². The summed E-state index contributed by atoms with van der Waals surface area (Å²) < 4.78 is 0. The van der Waals surface area contributed by atoms with Crippen molar-refractivity contribution < 1.29 is 5.11 Å². The van der Waals surface area contributed by atoms with Crippen molar-refractivity contribution in [2.24, 2.45) is 0 Å². The Kier molecular flexibility index (Phi) is 2.82. The molecule has 0 spiro atoms. The Bertz CT molecular complexity index is 366. The molecule has 1 aromatic carbocycles. The number of nitrogens with zero attached hydrogens (tertiary/aromatic N) is 1. The van der Waals surface area contributed by atoms with Crippen molar-refractivity contribution in [3.8, 4) is 5.75 Å². The second-order valence-electron chi connectivity index (χ2n) is 4.75. The minimum absolute atomic E-state index is 0.444.